The van der Waals surface area contributed by atoms with Crippen LogP contribution in [0.1, 0.15) is 40.0 Å². The quantitative estimate of drug-likeness (QED) is 0.505. The number of hydrogen-bond acceptors (Lipinski definition) is 0. The van der Waals surface area contributed by atoms with E-state index < -0.39 is 0 Å². The van der Waals surface area contributed by atoms with Crippen molar-refractivity contribution in [2.45, 2.75) is 40.0 Å². The number of rotatable bonds is 6. The maximum Gasteiger partial charge on any atom is 0 e. The summed E-state index contributed by atoms with van der Waals surface area (Å²) in [6.45, 7) is 6.92. The van der Waals surface area contributed by atoms with Gasteiger partial charge in [0.15, 0.2) is 0 Å². The summed E-state index contributed by atoms with van der Waals surface area (Å²) in [6, 6.07) is 0. The van der Waals surface area contributed by atoms with Crippen LogP contribution in [0.4, 0.5) is 0 Å². The van der Waals surface area contributed by atoms with Gasteiger partial charge in [-0.25, -0.2) is 0 Å². The topological polar surface area (TPSA) is 0 Å². The van der Waals surface area contributed by atoms with E-state index in [1.165, 1.54) is 37.7 Å². The van der Waals surface area contributed by atoms with Gasteiger partial charge in [0.05, 0.1) is 0 Å². The summed E-state index contributed by atoms with van der Waals surface area (Å²) >= 11 is 0. The summed E-state index contributed by atoms with van der Waals surface area (Å²) in [7, 11) is 0.439. The van der Waals surface area contributed by atoms with Crippen molar-refractivity contribution in [1.82, 2.24) is 0 Å². The maximum atomic E-state index is 2.31. The first-order valence-corrected chi connectivity index (χ1v) is 6.47. The summed E-state index contributed by atoms with van der Waals surface area (Å²) in [5, 5.41) is 0. The fraction of sp³-hybridized carbons (Fsp3) is 1.00. The van der Waals surface area contributed by atoms with E-state index in [2.05, 4.69) is 20.8 Å². The van der Waals surface area contributed by atoms with E-state index in [1.54, 1.807) is 0 Å². The predicted molar refractivity (Wildman–Crippen MR) is 52.4 cm³/mol. The third kappa shape index (κ3) is 8.96. The zero-order chi connectivity index (χ0) is 7.82. The summed E-state index contributed by atoms with van der Waals surface area (Å²) in [6.07, 6.45) is 8.72. The van der Waals surface area contributed by atoms with Crippen LogP contribution in [0.25, 0.3) is 0 Å². The molecule has 0 atom stereocenters. The van der Waals surface area contributed by atoms with Crippen LogP contribution in [0, 0.1) is 0 Å². The van der Waals surface area contributed by atoms with Crippen molar-refractivity contribution in [2.24, 2.45) is 0 Å². The molecule has 0 N–H and O–H groups in total. The Bertz CT molecular complexity index is 52.3. The molecule has 0 nitrogen and oxygen atoms in total. The normalized spacial score (nSPS) is 9.82. The second-order valence-corrected chi connectivity index (χ2v) is 5.52. The molecule has 0 aromatic carbocycles. The number of hydrogen-bond donors (Lipinski definition) is 0. The van der Waals surface area contributed by atoms with E-state index in [0.717, 1.165) is 0 Å². The third-order valence-corrected chi connectivity index (χ3v) is 4.86. The van der Waals surface area contributed by atoms with Crippen LogP contribution in [0.5, 0.6) is 0 Å². The van der Waals surface area contributed by atoms with Crippen LogP contribution in [-0.4, -0.2) is 18.5 Å². The molecule has 0 aliphatic rings. The Balaban J connectivity index is 0. The summed E-state index contributed by atoms with van der Waals surface area (Å²) in [5.74, 6) is 0. The molecule has 0 amide bonds. The van der Waals surface area contributed by atoms with Gasteiger partial charge in [0.2, 0.25) is 0 Å². The van der Waals surface area contributed by atoms with Gasteiger partial charge in [0.1, 0.15) is 0 Å². The van der Waals surface area contributed by atoms with Gasteiger partial charge < -0.3 is 0 Å². The van der Waals surface area contributed by atoms with Gasteiger partial charge in [-0.2, -0.15) is 0 Å². The third-order valence-electron chi connectivity index (χ3n) is 1.62. The summed E-state index contributed by atoms with van der Waals surface area (Å²) < 4.78 is 0. The van der Waals surface area contributed by atoms with Crippen LogP contribution in [-0.2, 0) is 19.5 Å². The minimum atomic E-state index is 0. The van der Waals surface area contributed by atoms with Crippen LogP contribution in [0.15, 0.2) is 0 Å². The Kier molecular flexibility index (Phi) is 14.6. The Morgan fingerprint density at radius 1 is 0.727 bits per heavy atom. The molecule has 0 aromatic rings. The zero-order valence-corrected chi connectivity index (χ0v) is 10.7. The standard InChI is InChI=1S/C9H21P.Ru/c1-4-7-10(8-5-2)9-6-3;/h4-9H2,1-3H3;. The summed E-state index contributed by atoms with van der Waals surface area (Å²) in [4.78, 5) is 0. The van der Waals surface area contributed by atoms with Crippen molar-refractivity contribution < 1.29 is 19.5 Å². The van der Waals surface area contributed by atoms with Crippen molar-refractivity contribution >= 4 is 7.92 Å². The minimum Gasteiger partial charge on any atom is -0.107 e. The molecule has 0 aliphatic carbocycles. The molecule has 2 heteroatoms. The van der Waals surface area contributed by atoms with Crippen molar-refractivity contribution in [3.8, 4) is 0 Å². The van der Waals surface area contributed by atoms with E-state index in [-0.39, 0.29) is 19.5 Å². The molecule has 0 rings (SSSR count). The van der Waals surface area contributed by atoms with Crippen LogP contribution < -0.4 is 0 Å². The average molecular weight is 261 g/mol. The molecule has 0 heterocycles. The van der Waals surface area contributed by atoms with E-state index in [0.29, 0.717) is 7.92 Å². The van der Waals surface area contributed by atoms with Gasteiger partial charge in [-0.1, -0.05) is 40.0 Å². The maximum absolute atomic E-state index is 2.31. The SMILES string of the molecule is CCCP(CCC)CCC.[Ru]. The molecule has 0 fully saturated rings. The Hall–Kier alpha value is 1.05. The fourth-order valence-electron chi connectivity index (χ4n) is 1.28. The molecule has 0 spiro atoms. The van der Waals surface area contributed by atoms with Gasteiger partial charge in [-0.3, -0.25) is 0 Å². The molecule has 0 aromatic heterocycles. The van der Waals surface area contributed by atoms with Crippen molar-refractivity contribution in [2.75, 3.05) is 18.5 Å². The van der Waals surface area contributed by atoms with E-state index in [9.17, 15) is 0 Å². The first kappa shape index (κ1) is 14.6. The smallest absolute Gasteiger partial charge is 0 e. The molecule has 0 aliphatic heterocycles. The second kappa shape index (κ2) is 11.1. The van der Waals surface area contributed by atoms with Gasteiger partial charge in [-0.15, -0.1) is 7.92 Å². The Labute approximate surface area is 86.0 Å². The predicted octanol–water partition coefficient (Wildman–Crippen LogP) is 3.70. The molecule has 0 unspecified atom stereocenters. The molecule has 70 valence electrons. The second-order valence-electron chi connectivity index (χ2n) is 2.84. The molecular formula is C9H21PRu. The van der Waals surface area contributed by atoms with Crippen LogP contribution in [0.2, 0.25) is 0 Å². The molecular weight excluding hydrogens is 240 g/mol. The van der Waals surface area contributed by atoms with Gasteiger partial charge in [0.25, 0.3) is 0 Å². The average Bonchev–Trinajstić information content (AvgIpc) is 1.90. The molecule has 11 heavy (non-hydrogen) atoms. The monoisotopic (exact) mass is 262 g/mol. The van der Waals surface area contributed by atoms with Gasteiger partial charge in [-0.05, 0) is 18.5 Å². The zero-order valence-electron chi connectivity index (χ0n) is 8.04. The fourth-order valence-corrected chi connectivity index (χ4v) is 3.85. The summed E-state index contributed by atoms with van der Waals surface area (Å²) in [5.41, 5.74) is 0. The van der Waals surface area contributed by atoms with Gasteiger partial charge in [0, 0.05) is 19.5 Å². The van der Waals surface area contributed by atoms with Crippen LogP contribution >= 0.6 is 7.92 Å². The molecule has 0 saturated heterocycles. The van der Waals surface area contributed by atoms with E-state index in [4.69, 9.17) is 0 Å². The first-order chi connectivity index (χ1) is 4.85. The van der Waals surface area contributed by atoms with E-state index >= 15 is 0 Å². The van der Waals surface area contributed by atoms with Gasteiger partial charge >= 0.3 is 0 Å². The molecule has 0 radical (unpaired) electrons. The van der Waals surface area contributed by atoms with Crippen molar-refractivity contribution in [3.63, 3.8) is 0 Å². The Morgan fingerprint density at radius 3 is 1.18 bits per heavy atom. The minimum absolute atomic E-state index is 0. The molecule has 0 bridgehead atoms. The molecule has 0 saturated carbocycles. The van der Waals surface area contributed by atoms with Crippen molar-refractivity contribution in [3.05, 3.63) is 0 Å². The largest absolute Gasteiger partial charge is 0.107 e. The first-order valence-electron chi connectivity index (χ1n) is 4.57. The van der Waals surface area contributed by atoms with E-state index in [1.807, 2.05) is 0 Å². The Morgan fingerprint density at radius 2 is 1.00 bits per heavy atom. The van der Waals surface area contributed by atoms with Crippen molar-refractivity contribution in [1.29, 1.82) is 0 Å². The van der Waals surface area contributed by atoms with Crippen LogP contribution in [0.3, 0.4) is 0 Å².